The SMILES string of the molecule is C/C=C(\C=C/C(C)N1CCN(SC2(C(N)=O)CCOCC2)CC1)OCC(F)(F)C(F)F.CC. The summed E-state index contributed by atoms with van der Waals surface area (Å²) < 4.78 is 62.4. The van der Waals surface area contributed by atoms with E-state index in [1.165, 1.54) is 24.1 Å². The number of piperazine rings is 1. The second-order valence-corrected chi connectivity index (χ2v) is 9.15. The van der Waals surface area contributed by atoms with E-state index in [0.29, 0.717) is 26.1 Å². The van der Waals surface area contributed by atoms with E-state index >= 15 is 0 Å². The minimum absolute atomic E-state index is 0.00510. The van der Waals surface area contributed by atoms with Crippen LogP contribution < -0.4 is 5.73 Å². The van der Waals surface area contributed by atoms with Gasteiger partial charge in [0, 0.05) is 45.4 Å². The molecule has 33 heavy (non-hydrogen) atoms. The van der Waals surface area contributed by atoms with E-state index < -0.39 is 23.7 Å². The Morgan fingerprint density at radius 1 is 1.21 bits per heavy atom. The molecule has 2 heterocycles. The molecule has 2 aliphatic heterocycles. The van der Waals surface area contributed by atoms with Crippen molar-refractivity contribution in [3.63, 3.8) is 0 Å². The summed E-state index contributed by atoms with van der Waals surface area (Å²) in [4.78, 5) is 14.3. The Balaban J connectivity index is 0.00000265. The van der Waals surface area contributed by atoms with Crippen LogP contribution in [0.15, 0.2) is 24.0 Å². The van der Waals surface area contributed by atoms with E-state index in [0.717, 1.165) is 26.2 Å². The number of hydrogen-bond donors (Lipinski definition) is 1. The molecule has 1 amide bonds. The van der Waals surface area contributed by atoms with E-state index in [4.69, 9.17) is 15.2 Å². The molecule has 0 aromatic heterocycles. The van der Waals surface area contributed by atoms with E-state index in [2.05, 4.69) is 9.21 Å². The van der Waals surface area contributed by atoms with Crippen LogP contribution in [0.3, 0.4) is 0 Å². The summed E-state index contributed by atoms with van der Waals surface area (Å²) in [7, 11) is 0. The molecule has 6 nitrogen and oxygen atoms in total. The first-order valence-electron chi connectivity index (χ1n) is 11.3. The summed E-state index contributed by atoms with van der Waals surface area (Å²) in [6.45, 7) is 10.2. The Morgan fingerprint density at radius 3 is 2.27 bits per heavy atom. The molecule has 0 radical (unpaired) electrons. The molecule has 192 valence electrons. The predicted octanol–water partition coefficient (Wildman–Crippen LogP) is 4.08. The first kappa shape index (κ1) is 29.7. The zero-order valence-corrected chi connectivity index (χ0v) is 20.7. The summed E-state index contributed by atoms with van der Waals surface area (Å²) in [5, 5.41) is 0. The lowest BCUT2D eigenvalue weighted by atomic mass is 9.98. The first-order valence-corrected chi connectivity index (χ1v) is 12.1. The maximum atomic E-state index is 13.0. The zero-order chi connectivity index (χ0) is 25.1. The van der Waals surface area contributed by atoms with Crippen LogP contribution in [0.1, 0.15) is 40.5 Å². The smallest absolute Gasteiger partial charge is 0.340 e. The van der Waals surface area contributed by atoms with Crippen LogP contribution >= 0.6 is 11.9 Å². The minimum atomic E-state index is -4.19. The quantitative estimate of drug-likeness (QED) is 0.212. The van der Waals surface area contributed by atoms with Gasteiger partial charge in [-0.05, 0) is 38.8 Å². The van der Waals surface area contributed by atoms with Crippen molar-refractivity contribution in [1.82, 2.24) is 9.21 Å². The molecule has 0 bridgehead atoms. The predicted molar refractivity (Wildman–Crippen MR) is 123 cm³/mol. The highest BCUT2D eigenvalue weighted by molar-refractivity contribution is 7.99. The third kappa shape index (κ3) is 9.11. The highest BCUT2D eigenvalue weighted by Gasteiger charge is 2.42. The molecule has 0 saturated carbocycles. The number of rotatable bonds is 10. The van der Waals surface area contributed by atoms with Crippen LogP contribution in [0.25, 0.3) is 0 Å². The monoisotopic (exact) mass is 499 g/mol. The fourth-order valence-electron chi connectivity index (χ4n) is 3.36. The van der Waals surface area contributed by atoms with Crippen molar-refractivity contribution >= 4 is 17.9 Å². The van der Waals surface area contributed by atoms with Crippen molar-refractivity contribution < 1.29 is 31.8 Å². The Kier molecular flexibility index (Phi) is 12.8. The van der Waals surface area contributed by atoms with Gasteiger partial charge in [0.2, 0.25) is 5.91 Å². The van der Waals surface area contributed by atoms with Gasteiger partial charge in [-0.15, -0.1) is 0 Å². The summed E-state index contributed by atoms with van der Waals surface area (Å²) in [5.74, 6) is -4.38. The van der Waals surface area contributed by atoms with E-state index in [9.17, 15) is 22.4 Å². The normalized spacial score (nSPS) is 21.5. The van der Waals surface area contributed by atoms with Crippen LogP contribution in [0.2, 0.25) is 0 Å². The van der Waals surface area contributed by atoms with Gasteiger partial charge < -0.3 is 15.2 Å². The van der Waals surface area contributed by atoms with Gasteiger partial charge >= 0.3 is 12.3 Å². The third-order valence-electron chi connectivity index (χ3n) is 5.48. The number of carbonyl (C=O) groups is 1. The Bertz CT molecular complexity index is 651. The van der Waals surface area contributed by atoms with Gasteiger partial charge in [-0.25, -0.2) is 13.1 Å². The van der Waals surface area contributed by atoms with Crippen molar-refractivity contribution in [3.8, 4) is 0 Å². The average molecular weight is 500 g/mol. The molecule has 2 fully saturated rings. The first-order chi connectivity index (χ1) is 15.6. The van der Waals surface area contributed by atoms with Crippen LogP contribution in [-0.4, -0.2) is 84.2 Å². The summed E-state index contributed by atoms with van der Waals surface area (Å²) in [6.07, 6.45) is 2.21. The second kappa shape index (κ2) is 14.2. The molecule has 1 unspecified atom stereocenters. The summed E-state index contributed by atoms with van der Waals surface area (Å²) >= 11 is 1.52. The molecule has 0 aromatic carbocycles. The Morgan fingerprint density at radius 2 is 1.79 bits per heavy atom. The fourth-order valence-corrected chi connectivity index (χ4v) is 4.64. The lowest BCUT2D eigenvalue weighted by Gasteiger charge is -2.42. The van der Waals surface area contributed by atoms with Crippen LogP contribution in [0.5, 0.6) is 0 Å². The van der Waals surface area contributed by atoms with E-state index in [1.54, 1.807) is 13.0 Å². The van der Waals surface area contributed by atoms with Gasteiger partial charge in [-0.2, -0.15) is 8.78 Å². The Labute approximate surface area is 198 Å². The van der Waals surface area contributed by atoms with Crippen LogP contribution in [-0.2, 0) is 14.3 Å². The molecule has 2 N–H and O–H groups in total. The lowest BCUT2D eigenvalue weighted by molar-refractivity contribution is -0.157. The van der Waals surface area contributed by atoms with Gasteiger partial charge in [0.25, 0.3) is 0 Å². The summed E-state index contributed by atoms with van der Waals surface area (Å²) in [5.41, 5.74) is 5.68. The molecule has 0 spiro atoms. The van der Waals surface area contributed by atoms with Crippen molar-refractivity contribution in [2.75, 3.05) is 46.0 Å². The van der Waals surface area contributed by atoms with Crippen molar-refractivity contribution in [2.24, 2.45) is 5.73 Å². The van der Waals surface area contributed by atoms with Crippen molar-refractivity contribution in [3.05, 3.63) is 24.0 Å². The molecule has 0 aromatic rings. The van der Waals surface area contributed by atoms with Gasteiger partial charge in [0.15, 0.2) is 6.61 Å². The van der Waals surface area contributed by atoms with Gasteiger partial charge in [-0.1, -0.05) is 31.9 Å². The average Bonchev–Trinajstić information content (AvgIpc) is 2.81. The van der Waals surface area contributed by atoms with E-state index in [1.807, 2.05) is 20.8 Å². The lowest BCUT2D eigenvalue weighted by Crippen LogP contribution is -2.52. The molecule has 2 rings (SSSR count). The fraction of sp³-hybridized carbons (Fsp3) is 0.773. The van der Waals surface area contributed by atoms with Crippen molar-refractivity contribution in [2.45, 2.75) is 63.7 Å². The number of nitrogens with zero attached hydrogens (tertiary/aromatic N) is 2. The molecule has 2 aliphatic rings. The van der Waals surface area contributed by atoms with Crippen molar-refractivity contribution in [1.29, 1.82) is 0 Å². The third-order valence-corrected chi connectivity index (χ3v) is 7.06. The number of alkyl halides is 4. The second-order valence-electron chi connectivity index (χ2n) is 7.67. The van der Waals surface area contributed by atoms with Gasteiger partial charge in [-0.3, -0.25) is 9.69 Å². The van der Waals surface area contributed by atoms with E-state index in [-0.39, 0.29) is 17.7 Å². The molecule has 0 aliphatic carbocycles. The van der Waals surface area contributed by atoms with Crippen LogP contribution in [0.4, 0.5) is 17.6 Å². The molecule has 11 heteroatoms. The number of halogens is 4. The topological polar surface area (TPSA) is 68.0 Å². The largest absolute Gasteiger partial charge is 0.487 e. The molecule has 2 saturated heterocycles. The minimum Gasteiger partial charge on any atom is -0.487 e. The van der Waals surface area contributed by atoms with Gasteiger partial charge in [0.1, 0.15) is 10.5 Å². The van der Waals surface area contributed by atoms with Crippen LogP contribution in [0, 0.1) is 0 Å². The zero-order valence-electron chi connectivity index (χ0n) is 19.9. The molecule has 1 atom stereocenters. The summed E-state index contributed by atoms with van der Waals surface area (Å²) in [6, 6.07) is -0.00510. The standard InChI is InChI=1S/C20H31F4N3O3S.C2H6/c1-3-16(30-14-20(23,24)17(21)22)5-4-15(2)26-8-10-27(11-9-26)31-19(18(25)28)6-12-29-13-7-19;1-2/h3-5,15,17H,6-14H2,1-2H3,(H2,25,28);1-2H3/b5-4-,16-3+;. The number of allylic oxidation sites excluding steroid dienone is 2. The number of hydrogen-bond acceptors (Lipinski definition) is 6. The maximum absolute atomic E-state index is 13.0. The number of carbonyl (C=O) groups excluding carboxylic acids is 1. The maximum Gasteiger partial charge on any atom is 0.340 e. The number of primary amides is 1. The highest BCUT2D eigenvalue weighted by atomic mass is 32.2. The number of ether oxygens (including phenoxy) is 2. The molecular formula is C22H37F4N3O3S. The molecular weight excluding hydrogens is 462 g/mol. The van der Waals surface area contributed by atoms with Gasteiger partial charge in [0.05, 0.1) is 0 Å². The highest BCUT2D eigenvalue weighted by Crippen LogP contribution is 2.38. The number of amides is 1. The number of nitrogens with two attached hydrogens (primary N) is 1. The Hall–Kier alpha value is -1.30.